The lowest BCUT2D eigenvalue weighted by Gasteiger charge is -2.13. The highest BCUT2D eigenvalue weighted by Gasteiger charge is 2.19. The van der Waals surface area contributed by atoms with Gasteiger partial charge in [0.2, 0.25) is 5.88 Å². The number of nitrogens with one attached hydrogen (secondary N) is 1. The van der Waals surface area contributed by atoms with Crippen LogP contribution in [0.25, 0.3) is 16.8 Å². The molecule has 160 valence electrons. The summed E-state index contributed by atoms with van der Waals surface area (Å²) in [5.74, 6) is -2.21. The van der Waals surface area contributed by atoms with Crippen LogP contribution < -0.4 is 10.3 Å². The molecule has 0 spiro atoms. The van der Waals surface area contributed by atoms with Gasteiger partial charge in [0.25, 0.3) is 5.56 Å². The van der Waals surface area contributed by atoms with Crippen molar-refractivity contribution in [2.24, 2.45) is 0 Å². The van der Waals surface area contributed by atoms with Gasteiger partial charge in [0.05, 0.1) is 17.0 Å². The minimum Gasteiger partial charge on any atom is -0.435 e. The number of hydrogen-bond acceptors (Lipinski definition) is 5. The van der Waals surface area contributed by atoms with E-state index >= 15 is 0 Å². The highest BCUT2D eigenvalue weighted by Crippen LogP contribution is 2.35. The van der Waals surface area contributed by atoms with E-state index in [9.17, 15) is 22.0 Å². The Labute approximate surface area is 175 Å². The van der Waals surface area contributed by atoms with Gasteiger partial charge in [-0.3, -0.25) is 4.79 Å². The number of aryl methyl sites for hydroxylation is 1. The zero-order valence-corrected chi connectivity index (χ0v) is 17.3. The number of H-pyrrole nitrogens is 1. The predicted octanol–water partition coefficient (Wildman–Crippen LogP) is 3.61. The molecule has 0 aliphatic heterocycles. The molecule has 4 rings (SSSR count). The first-order valence-corrected chi connectivity index (χ1v) is 11.2. The molecule has 0 aliphatic carbocycles. The number of ether oxygens (including phenoxy) is 1. The minimum absolute atomic E-state index is 0.0255. The van der Waals surface area contributed by atoms with Gasteiger partial charge in [-0.05, 0) is 42.3 Å². The van der Waals surface area contributed by atoms with E-state index < -0.39 is 21.5 Å². The monoisotopic (exact) mass is 445 g/mol. The maximum atomic E-state index is 14.2. The molecule has 1 aromatic carbocycles. The molecular weight excluding hydrogens is 428 g/mol. The maximum Gasteiger partial charge on any atom is 0.272 e. The van der Waals surface area contributed by atoms with E-state index in [4.69, 9.17) is 4.74 Å². The van der Waals surface area contributed by atoms with Crippen LogP contribution >= 0.6 is 0 Å². The van der Waals surface area contributed by atoms with Crippen LogP contribution in [0, 0.1) is 18.6 Å². The largest absolute Gasteiger partial charge is 0.435 e. The summed E-state index contributed by atoms with van der Waals surface area (Å²) in [7, 11) is -3.35. The first-order chi connectivity index (χ1) is 14.6. The second-order valence-corrected chi connectivity index (χ2v) is 9.30. The number of fused-ring (bicyclic) bond motifs is 1. The number of pyridine rings is 1. The number of nitrogens with zero attached hydrogens (tertiary/aromatic N) is 2. The summed E-state index contributed by atoms with van der Waals surface area (Å²) in [4.78, 5) is 19.1. The molecular formula is C21H17F2N3O4S. The third-order valence-corrected chi connectivity index (χ3v) is 5.45. The number of aromatic nitrogens is 3. The highest BCUT2D eigenvalue weighted by molar-refractivity contribution is 7.89. The Hall–Kier alpha value is -3.53. The minimum atomic E-state index is -3.35. The van der Waals surface area contributed by atoms with Crippen molar-refractivity contribution < 1.29 is 21.9 Å². The zero-order valence-electron chi connectivity index (χ0n) is 16.5. The van der Waals surface area contributed by atoms with Crippen molar-refractivity contribution in [2.45, 2.75) is 12.7 Å². The van der Waals surface area contributed by atoms with E-state index in [0.717, 1.165) is 18.4 Å². The Kier molecular flexibility index (Phi) is 5.10. The van der Waals surface area contributed by atoms with E-state index in [1.54, 1.807) is 29.7 Å². The van der Waals surface area contributed by atoms with Gasteiger partial charge in [0.1, 0.15) is 11.3 Å². The number of halogens is 2. The fraction of sp³-hybridized carbons (Fsp3) is 0.143. The molecule has 0 amide bonds. The first kappa shape index (κ1) is 20.7. The average molecular weight is 445 g/mol. The number of rotatable bonds is 5. The van der Waals surface area contributed by atoms with E-state index in [-0.39, 0.29) is 22.9 Å². The molecule has 3 aromatic heterocycles. The van der Waals surface area contributed by atoms with Gasteiger partial charge in [0.15, 0.2) is 21.4 Å². The van der Waals surface area contributed by atoms with Gasteiger partial charge < -0.3 is 14.1 Å². The predicted molar refractivity (Wildman–Crippen MR) is 111 cm³/mol. The highest BCUT2D eigenvalue weighted by atomic mass is 32.2. The van der Waals surface area contributed by atoms with Gasteiger partial charge >= 0.3 is 0 Å². The van der Waals surface area contributed by atoms with Gasteiger partial charge in [-0.25, -0.2) is 22.2 Å². The zero-order chi connectivity index (χ0) is 22.3. The maximum absolute atomic E-state index is 14.2. The molecule has 1 N–H and O–H groups in total. The van der Waals surface area contributed by atoms with Crippen LogP contribution in [0.1, 0.15) is 11.1 Å². The molecule has 0 unspecified atom stereocenters. The fourth-order valence-corrected chi connectivity index (χ4v) is 4.13. The molecule has 0 fully saturated rings. The molecule has 4 aromatic rings. The Balaban J connectivity index is 1.93. The van der Waals surface area contributed by atoms with Gasteiger partial charge in [-0.15, -0.1) is 0 Å². The van der Waals surface area contributed by atoms with Crippen LogP contribution in [0.2, 0.25) is 0 Å². The third kappa shape index (κ3) is 4.19. The summed E-state index contributed by atoms with van der Waals surface area (Å²) in [5.41, 5.74) is 1.99. The van der Waals surface area contributed by atoms with E-state index in [0.29, 0.717) is 34.0 Å². The standard InChI is InChI=1S/C21H17F2N3O4S/c1-12-7-17(26-6-5-24-20(27)19(12)26)15-8-13(11-31(2,28)29)10-25-21(15)30-18-4-3-14(22)9-16(18)23/h3-10H,11H2,1-2H3,(H,24,27). The molecule has 0 saturated carbocycles. The van der Waals surface area contributed by atoms with Crippen molar-refractivity contribution in [3.8, 4) is 22.9 Å². The van der Waals surface area contributed by atoms with Crippen LogP contribution in [0.5, 0.6) is 11.6 Å². The Morgan fingerprint density at radius 3 is 2.68 bits per heavy atom. The van der Waals surface area contributed by atoms with Crippen molar-refractivity contribution in [1.82, 2.24) is 14.4 Å². The van der Waals surface area contributed by atoms with Crippen LogP contribution in [-0.2, 0) is 15.6 Å². The quantitative estimate of drug-likeness (QED) is 0.507. The summed E-state index contributed by atoms with van der Waals surface area (Å²) in [5, 5.41) is 0. The summed E-state index contributed by atoms with van der Waals surface area (Å²) >= 11 is 0. The van der Waals surface area contributed by atoms with Crippen molar-refractivity contribution in [3.05, 3.63) is 82.0 Å². The van der Waals surface area contributed by atoms with Gasteiger partial charge in [-0.1, -0.05) is 0 Å². The van der Waals surface area contributed by atoms with Crippen molar-refractivity contribution in [3.63, 3.8) is 0 Å². The Morgan fingerprint density at radius 2 is 1.97 bits per heavy atom. The molecule has 0 bridgehead atoms. The second kappa shape index (κ2) is 7.62. The summed E-state index contributed by atoms with van der Waals surface area (Å²) in [6.45, 7) is 1.75. The summed E-state index contributed by atoms with van der Waals surface area (Å²) in [6.07, 6.45) is 5.51. The van der Waals surface area contributed by atoms with Crippen LogP contribution in [-0.4, -0.2) is 29.0 Å². The van der Waals surface area contributed by atoms with Crippen molar-refractivity contribution >= 4 is 15.4 Å². The molecule has 0 atom stereocenters. The SMILES string of the molecule is Cc1cc(-c2cc(CS(C)(=O)=O)cnc2Oc2ccc(F)cc2F)n2cc[nH]c(=O)c12. The molecule has 0 saturated heterocycles. The lowest BCUT2D eigenvalue weighted by Crippen LogP contribution is -2.09. The Morgan fingerprint density at radius 1 is 1.19 bits per heavy atom. The topological polar surface area (TPSA) is 93.5 Å². The van der Waals surface area contributed by atoms with Crippen LogP contribution in [0.4, 0.5) is 8.78 Å². The van der Waals surface area contributed by atoms with Crippen LogP contribution in [0.3, 0.4) is 0 Å². The van der Waals surface area contributed by atoms with Gasteiger partial charge in [0, 0.05) is 30.9 Å². The molecule has 3 heterocycles. The number of sulfone groups is 1. The lowest BCUT2D eigenvalue weighted by molar-refractivity contribution is 0.425. The normalized spacial score (nSPS) is 11.7. The number of benzene rings is 1. The average Bonchev–Trinajstić information content (AvgIpc) is 3.01. The fourth-order valence-electron chi connectivity index (χ4n) is 3.36. The summed E-state index contributed by atoms with van der Waals surface area (Å²) in [6, 6.07) is 6.15. The molecule has 0 aliphatic rings. The van der Waals surface area contributed by atoms with E-state index in [2.05, 4.69) is 9.97 Å². The Bertz CT molecular complexity index is 1480. The summed E-state index contributed by atoms with van der Waals surface area (Å²) < 4.78 is 58.2. The third-order valence-electron chi connectivity index (χ3n) is 4.59. The van der Waals surface area contributed by atoms with E-state index in [1.165, 1.54) is 12.4 Å². The van der Waals surface area contributed by atoms with Crippen molar-refractivity contribution in [2.75, 3.05) is 6.26 Å². The van der Waals surface area contributed by atoms with E-state index in [1.807, 2.05) is 0 Å². The number of hydrogen-bond donors (Lipinski definition) is 1. The molecule has 0 radical (unpaired) electrons. The molecule has 31 heavy (non-hydrogen) atoms. The van der Waals surface area contributed by atoms with Crippen molar-refractivity contribution in [1.29, 1.82) is 0 Å². The van der Waals surface area contributed by atoms with Crippen LogP contribution in [0.15, 0.2) is 53.7 Å². The van der Waals surface area contributed by atoms with Gasteiger partial charge in [-0.2, -0.15) is 0 Å². The first-order valence-electron chi connectivity index (χ1n) is 9.11. The number of aromatic amines is 1. The second-order valence-electron chi connectivity index (χ2n) is 7.16. The molecule has 10 heteroatoms. The smallest absolute Gasteiger partial charge is 0.272 e. The molecule has 7 nitrogen and oxygen atoms in total. The lowest BCUT2D eigenvalue weighted by atomic mass is 10.1.